The minimum absolute atomic E-state index is 0.111. The fraction of sp³-hybridized carbons (Fsp3) is 0.318. The van der Waals surface area contributed by atoms with Crippen LogP contribution in [0.5, 0.6) is 0 Å². The maximum atomic E-state index is 12.6. The number of rotatable bonds is 4. The number of hydrogen-bond acceptors (Lipinski definition) is 5. The van der Waals surface area contributed by atoms with Crippen molar-refractivity contribution in [2.45, 2.75) is 12.8 Å². The number of carbonyl (C=O) groups excluding carboxylic acids is 3. The highest BCUT2D eigenvalue weighted by molar-refractivity contribution is 6.02. The summed E-state index contributed by atoms with van der Waals surface area (Å²) in [6.45, 7) is 0. The Morgan fingerprint density at radius 3 is 2.19 bits per heavy atom. The van der Waals surface area contributed by atoms with Crippen LogP contribution in [0.25, 0.3) is 6.08 Å². The van der Waals surface area contributed by atoms with Gasteiger partial charge in [0.2, 0.25) is 0 Å². The quantitative estimate of drug-likeness (QED) is 0.605. The second-order valence-electron chi connectivity index (χ2n) is 7.00. The van der Waals surface area contributed by atoms with Gasteiger partial charge in [0.25, 0.3) is 0 Å². The SMILES string of the molecule is COC(=O)C1(C(=O)OC)C[C@H](/C=C/c2ccccc2)C2(C=CC(=O)C=C2)C1. The van der Waals surface area contributed by atoms with Gasteiger partial charge in [-0.1, -0.05) is 54.6 Å². The van der Waals surface area contributed by atoms with Crippen molar-refractivity contribution in [2.75, 3.05) is 14.2 Å². The highest BCUT2D eigenvalue weighted by Crippen LogP contribution is 2.57. The molecule has 1 fully saturated rings. The summed E-state index contributed by atoms with van der Waals surface area (Å²) >= 11 is 0. The highest BCUT2D eigenvalue weighted by Gasteiger charge is 2.61. The molecule has 2 aliphatic carbocycles. The molecule has 3 rings (SSSR count). The molecule has 5 nitrogen and oxygen atoms in total. The summed E-state index contributed by atoms with van der Waals surface area (Å²) in [6, 6.07) is 9.77. The molecule has 0 unspecified atom stereocenters. The van der Waals surface area contributed by atoms with Crippen molar-refractivity contribution in [1.29, 1.82) is 0 Å². The Hall–Kier alpha value is -2.95. The minimum Gasteiger partial charge on any atom is -0.468 e. The van der Waals surface area contributed by atoms with E-state index >= 15 is 0 Å². The molecule has 1 atom stereocenters. The molecule has 0 aromatic heterocycles. The average molecular weight is 366 g/mol. The van der Waals surface area contributed by atoms with E-state index in [0.29, 0.717) is 0 Å². The summed E-state index contributed by atoms with van der Waals surface area (Å²) in [4.78, 5) is 36.8. The van der Waals surface area contributed by atoms with Crippen LogP contribution in [0, 0.1) is 16.7 Å². The second-order valence-corrected chi connectivity index (χ2v) is 7.00. The van der Waals surface area contributed by atoms with Gasteiger partial charge in [-0.3, -0.25) is 14.4 Å². The summed E-state index contributed by atoms with van der Waals surface area (Å²) in [7, 11) is 2.53. The normalized spacial score (nSPS) is 22.3. The zero-order chi connectivity index (χ0) is 19.5. The molecule has 0 aliphatic heterocycles. The van der Waals surface area contributed by atoms with Crippen LogP contribution in [0.3, 0.4) is 0 Å². The summed E-state index contributed by atoms with van der Waals surface area (Å²) in [5, 5.41) is 0. The Labute approximate surface area is 158 Å². The lowest BCUT2D eigenvalue weighted by molar-refractivity contribution is -0.169. The maximum Gasteiger partial charge on any atom is 0.323 e. The first-order valence-corrected chi connectivity index (χ1v) is 8.78. The first kappa shape index (κ1) is 18.8. The predicted molar refractivity (Wildman–Crippen MR) is 100 cm³/mol. The zero-order valence-corrected chi connectivity index (χ0v) is 15.4. The van der Waals surface area contributed by atoms with Crippen molar-refractivity contribution in [1.82, 2.24) is 0 Å². The van der Waals surface area contributed by atoms with E-state index in [0.717, 1.165) is 5.56 Å². The number of allylic oxidation sites excluding steroid dienone is 5. The Bertz CT molecular complexity index is 800. The van der Waals surface area contributed by atoms with Gasteiger partial charge in [0.05, 0.1) is 14.2 Å². The van der Waals surface area contributed by atoms with Crippen LogP contribution in [0.4, 0.5) is 0 Å². The molecule has 2 aliphatic rings. The molecular weight excluding hydrogens is 344 g/mol. The van der Waals surface area contributed by atoms with Crippen molar-refractivity contribution in [3.63, 3.8) is 0 Å². The summed E-state index contributed by atoms with van der Waals surface area (Å²) in [6.07, 6.45) is 11.0. The number of esters is 2. The minimum atomic E-state index is -1.40. The molecule has 0 N–H and O–H groups in total. The second kappa shape index (κ2) is 7.35. The average Bonchev–Trinajstić information content (AvgIpc) is 3.03. The van der Waals surface area contributed by atoms with Crippen LogP contribution in [0.2, 0.25) is 0 Å². The van der Waals surface area contributed by atoms with Gasteiger partial charge in [-0.05, 0) is 36.5 Å². The fourth-order valence-corrected chi connectivity index (χ4v) is 4.07. The molecule has 0 radical (unpaired) electrons. The molecule has 5 heteroatoms. The van der Waals surface area contributed by atoms with Crippen molar-refractivity contribution in [3.8, 4) is 0 Å². The van der Waals surface area contributed by atoms with Gasteiger partial charge in [-0.25, -0.2) is 0 Å². The smallest absolute Gasteiger partial charge is 0.323 e. The van der Waals surface area contributed by atoms with Crippen LogP contribution in [0.15, 0.2) is 60.7 Å². The Balaban J connectivity index is 2.03. The summed E-state index contributed by atoms with van der Waals surface area (Å²) in [5.41, 5.74) is -1.01. The molecule has 140 valence electrons. The zero-order valence-electron chi connectivity index (χ0n) is 15.4. The van der Waals surface area contributed by atoms with Gasteiger partial charge in [0, 0.05) is 5.41 Å². The number of methoxy groups -OCH3 is 2. The van der Waals surface area contributed by atoms with Gasteiger partial charge >= 0.3 is 11.9 Å². The monoisotopic (exact) mass is 366 g/mol. The number of benzene rings is 1. The van der Waals surface area contributed by atoms with Gasteiger partial charge in [0.1, 0.15) is 0 Å². The van der Waals surface area contributed by atoms with Gasteiger partial charge in [-0.15, -0.1) is 0 Å². The van der Waals surface area contributed by atoms with E-state index in [1.54, 1.807) is 12.2 Å². The van der Waals surface area contributed by atoms with Gasteiger partial charge in [0.15, 0.2) is 11.2 Å². The molecule has 0 saturated heterocycles. The molecule has 1 aromatic carbocycles. The lowest BCUT2D eigenvalue weighted by Gasteiger charge is -2.30. The topological polar surface area (TPSA) is 69.7 Å². The van der Waals surface area contributed by atoms with Crippen molar-refractivity contribution in [2.24, 2.45) is 16.7 Å². The van der Waals surface area contributed by atoms with E-state index < -0.39 is 22.8 Å². The van der Waals surface area contributed by atoms with Crippen LogP contribution in [-0.4, -0.2) is 31.9 Å². The van der Waals surface area contributed by atoms with Gasteiger partial charge < -0.3 is 9.47 Å². The lowest BCUT2D eigenvalue weighted by Crippen LogP contribution is -2.40. The number of carbonyl (C=O) groups is 3. The van der Waals surface area contributed by atoms with E-state index in [1.807, 2.05) is 42.5 Å². The Morgan fingerprint density at radius 2 is 1.63 bits per heavy atom. The molecule has 1 saturated carbocycles. The molecule has 0 bridgehead atoms. The first-order chi connectivity index (χ1) is 13.0. The van der Waals surface area contributed by atoms with E-state index in [1.165, 1.54) is 26.4 Å². The van der Waals surface area contributed by atoms with Crippen molar-refractivity contribution < 1.29 is 23.9 Å². The molecule has 1 aromatic rings. The van der Waals surface area contributed by atoms with Gasteiger partial charge in [-0.2, -0.15) is 0 Å². The van der Waals surface area contributed by atoms with Crippen LogP contribution >= 0.6 is 0 Å². The molecular formula is C22H22O5. The summed E-state index contributed by atoms with van der Waals surface area (Å²) < 4.78 is 9.90. The Morgan fingerprint density at radius 1 is 1.04 bits per heavy atom. The predicted octanol–water partition coefficient (Wildman–Crippen LogP) is 3.12. The number of ether oxygens (including phenoxy) is 2. The largest absolute Gasteiger partial charge is 0.468 e. The number of hydrogen-bond donors (Lipinski definition) is 0. The van der Waals surface area contributed by atoms with Crippen LogP contribution in [-0.2, 0) is 23.9 Å². The molecule has 0 heterocycles. The third kappa shape index (κ3) is 3.37. The third-order valence-corrected chi connectivity index (χ3v) is 5.46. The lowest BCUT2D eigenvalue weighted by atomic mass is 9.73. The third-order valence-electron chi connectivity index (χ3n) is 5.46. The van der Waals surface area contributed by atoms with E-state index in [4.69, 9.17) is 9.47 Å². The molecule has 27 heavy (non-hydrogen) atoms. The van der Waals surface area contributed by atoms with Crippen LogP contribution in [0.1, 0.15) is 18.4 Å². The van der Waals surface area contributed by atoms with Crippen molar-refractivity contribution >= 4 is 23.8 Å². The van der Waals surface area contributed by atoms with E-state index in [2.05, 4.69) is 0 Å². The fourth-order valence-electron chi connectivity index (χ4n) is 4.07. The number of ketones is 1. The summed E-state index contributed by atoms with van der Waals surface area (Å²) in [5.74, 6) is -1.50. The standard InChI is InChI=1S/C22H22O5/c1-26-19(24)22(20(25)27-2)14-17(9-8-16-6-4-3-5-7-16)21(15-22)12-10-18(23)11-13-21/h3-13,17H,14-15H2,1-2H3/b9-8+/t17-/m0/s1. The highest BCUT2D eigenvalue weighted by atomic mass is 16.5. The van der Waals surface area contributed by atoms with Crippen molar-refractivity contribution in [3.05, 3.63) is 66.3 Å². The van der Waals surface area contributed by atoms with Crippen LogP contribution < -0.4 is 0 Å². The Kier molecular flexibility index (Phi) is 5.13. The van der Waals surface area contributed by atoms with E-state index in [9.17, 15) is 14.4 Å². The molecule has 0 amide bonds. The molecule has 1 spiro atoms. The maximum absolute atomic E-state index is 12.6. The van der Waals surface area contributed by atoms with E-state index in [-0.39, 0.29) is 24.5 Å². The first-order valence-electron chi connectivity index (χ1n) is 8.78.